The molecule has 0 amide bonds. The first-order valence-electron chi connectivity index (χ1n) is 6.00. The molecule has 1 aromatic carbocycles. The Morgan fingerprint density at radius 2 is 2.32 bits per heavy atom. The molecule has 0 aromatic heterocycles. The van der Waals surface area contributed by atoms with Gasteiger partial charge in [-0.3, -0.25) is 10.1 Å². The highest BCUT2D eigenvalue weighted by molar-refractivity contribution is 6.31. The summed E-state index contributed by atoms with van der Waals surface area (Å²) >= 11 is 5.99. The van der Waals surface area contributed by atoms with E-state index in [0.717, 1.165) is 0 Å². The predicted molar refractivity (Wildman–Crippen MR) is 70.4 cm³/mol. The molecule has 0 spiro atoms. The molecule has 0 radical (unpaired) electrons. The molecule has 1 aliphatic rings. The van der Waals surface area contributed by atoms with Crippen molar-refractivity contribution in [3.05, 3.63) is 38.9 Å². The fourth-order valence-corrected chi connectivity index (χ4v) is 2.14. The van der Waals surface area contributed by atoms with Gasteiger partial charge in [0.15, 0.2) is 0 Å². The van der Waals surface area contributed by atoms with Crippen LogP contribution >= 0.6 is 11.6 Å². The van der Waals surface area contributed by atoms with E-state index < -0.39 is 4.92 Å². The second kappa shape index (κ2) is 6.81. The van der Waals surface area contributed by atoms with Gasteiger partial charge in [-0.2, -0.15) is 0 Å². The van der Waals surface area contributed by atoms with E-state index in [-0.39, 0.29) is 11.8 Å². The fourth-order valence-electron chi connectivity index (χ4n) is 1.91. The second-order valence-electron chi connectivity index (χ2n) is 4.19. The first-order valence-corrected chi connectivity index (χ1v) is 6.38. The molecular weight excluding hydrogens is 272 g/mol. The summed E-state index contributed by atoms with van der Waals surface area (Å²) in [7, 11) is 0. The zero-order chi connectivity index (χ0) is 13.7. The molecule has 1 aromatic rings. The van der Waals surface area contributed by atoms with Crippen LogP contribution in [-0.2, 0) is 16.0 Å². The molecule has 104 valence electrons. The van der Waals surface area contributed by atoms with Gasteiger partial charge in [-0.15, -0.1) is 0 Å². The van der Waals surface area contributed by atoms with Gasteiger partial charge in [0.1, 0.15) is 0 Å². The summed E-state index contributed by atoms with van der Waals surface area (Å²) in [5, 5.41) is 14.4. The minimum absolute atomic E-state index is 0.0182. The van der Waals surface area contributed by atoms with Crippen LogP contribution in [0.2, 0.25) is 5.02 Å². The molecule has 6 nitrogen and oxygen atoms in total. The topological polar surface area (TPSA) is 73.6 Å². The molecule has 1 heterocycles. The van der Waals surface area contributed by atoms with E-state index in [2.05, 4.69) is 5.32 Å². The smallest absolute Gasteiger partial charge is 0.275 e. The zero-order valence-corrected chi connectivity index (χ0v) is 11.1. The zero-order valence-electron chi connectivity index (χ0n) is 10.3. The minimum Gasteiger partial charge on any atom is -0.376 e. The number of halogens is 1. The largest absolute Gasteiger partial charge is 0.376 e. The average molecular weight is 287 g/mol. The molecule has 1 saturated heterocycles. The van der Waals surface area contributed by atoms with Crippen LogP contribution in [0.3, 0.4) is 0 Å². The van der Waals surface area contributed by atoms with Crippen molar-refractivity contribution in [3.63, 3.8) is 0 Å². The van der Waals surface area contributed by atoms with E-state index in [1.807, 2.05) is 0 Å². The van der Waals surface area contributed by atoms with Gasteiger partial charge in [0.05, 0.1) is 41.4 Å². The van der Waals surface area contributed by atoms with E-state index in [4.69, 9.17) is 21.1 Å². The van der Waals surface area contributed by atoms with Crippen molar-refractivity contribution in [3.8, 4) is 0 Å². The molecule has 0 bridgehead atoms. The third-order valence-electron chi connectivity index (χ3n) is 2.85. The summed E-state index contributed by atoms with van der Waals surface area (Å²) in [6.07, 6.45) is -0.0182. The number of hydrogen-bond donors (Lipinski definition) is 1. The Kier molecular flexibility index (Phi) is 5.09. The maximum atomic E-state index is 10.9. The lowest BCUT2D eigenvalue weighted by Crippen LogP contribution is -2.37. The number of rotatable bonds is 5. The summed E-state index contributed by atoms with van der Waals surface area (Å²) in [6.45, 7) is 2.64. The third-order valence-corrected chi connectivity index (χ3v) is 3.20. The fraction of sp³-hybridized carbons (Fsp3) is 0.500. The lowest BCUT2D eigenvalue weighted by atomic mass is 10.1. The van der Waals surface area contributed by atoms with Crippen molar-refractivity contribution in [1.82, 2.24) is 5.32 Å². The van der Waals surface area contributed by atoms with Gasteiger partial charge >= 0.3 is 0 Å². The molecule has 1 N–H and O–H groups in total. The number of hydrogen-bond acceptors (Lipinski definition) is 5. The van der Waals surface area contributed by atoms with Crippen LogP contribution < -0.4 is 5.32 Å². The van der Waals surface area contributed by atoms with E-state index >= 15 is 0 Å². The third kappa shape index (κ3) is 3.87. The summed E-state index contributed by atoms with van der Waals surface area (Å²) in [5.41, 5.74) is 0.520. The van der Waals surface area contributed by atoms with Gasteiger partial charge in [-0.25, -0.2) is 0 Å². The normalized spacial score (nSPS) is 19.3. The molecule has 1 fully saturated rings. The van der Waals surface area contributed by atoms with E-state index in [0.29, 0.717) is 43.5 Å². The Morgan fingerprint density at radius 1 is 1.47 bits per heavy atom. The molecule has 2 rings (SSSR count). The average Bonchev–Trinajstić information content (AvgIpc) is 2.41. The van der Waals surface area contributed by atoms with E-state index in [1.165, 1.54) is 6.07 Å². The van der Waals surface area contributed by atoms with Crippen molar-refractivity contribution >= 4 is 17.3 Å². The van der Waals surface area contributed by atoms with Crippen LogP contribution in [0.4, 0.5) is 5.69 Å². The molecule has 0 aliphatic carbocycles. The molecular formula is C12H15ClN2O4. The molecule has 19 heavy (non-hydrogen) atoms. The molecule has 0 saturated carbocycles. The number of nitrogens with zero attached hydrogens (tertiary/aromatic N) is 1. The highest BCUT2D eigenvalue weighted by atomic mass is 35.5. The maximum Gasteiger partial charge on any atom is 0.275 e. The van der Waals surface area contributed by atoms with E-state index in [9.17, 15) is 10.1 Å². The molecule has 1 aliphatic heterocycles. The van der Waals surface area contributed by atoms with Gasteiger partial charge in [0.2, 0.25) is 0 Å². The van der Waals surface area contributed by atoms with E-state index in [1.54, 1.807) is 12.1 Å². The number of ether oxygens (including phenoxy) is 2. The molecule has 7 heteroatoms. The lowest BCUT2D eigenvalue weighted by Gasteiger charge is -2.23. The number of nitro groups is 1. The number of benzene rings is 1. The van der Waals surface area contributed by atoms with Crippen molar-refractivity contribution in [2.24, 2.45) is 0 Å². The monoisotopic (exact) mass is 286 g/mol. The van der Waals surface area contributed by atoms with Crippen LogP contribution in [0.5, 0.6) is 0 Å². The van der Waals surface area contributed by atoms with Crippen LogP contribution in [0.1, 0.15) is 5.56 Å². The molecule has 1 atom stereocenters. The number of nitro benzene ring substituents is 1. The highest BCUT2D eigenvalue weighted by Gasteiger charge is 2.18. The Hall–Kier alpha value is -1.21. The Morgan fingerprint density at radius 3 is 3.00 bits per heavy atom. The first-order chi connectivity index (χ1) is 9.18. The predicted octanol–water partition coefficient (Wildman–Crippen LogP) is 1.75. The minimum atomic E-state index is -0.427. The lowest BCUT2D eigenvalue weighted by molar-refractivity contribution is -0.385. The van der Waals surface area contributed by atoms with Gasteiger partial charge in [-0.1, -0.05) is 17.7 Å². The van der Waals surface area contributed by atoms with Crippen molar-refractivity contribution in [2.45, 2.75) is 12.6 Å². The van der Waals surface area contributed by atoms with Gasteiger partial charge in [0, 0.05) is 19.2 Å². The quantitative estimate of drug-likeness (QED) is 0.659. The first kappa shape index (κ1) is 14.2. The summed E-state index contributed by atoms with van der Waals surface area (Å²) in [5.74, 6) is 0. The van der Waals surface area contributed by atoms with Gasteiger partial charge in [0.25, 0.3) is 5.69 Å². The Bertz CT molecular complexity index is 449. The van der Waals surface area contributed by atoms with Crippen molar-refractivity contribution < 1.29 is 14.4 Å². The second-order valence-corrected chi connectivity index (χ2v) is 4.60. The van der Waals surface area contributed by atoms with Crippen molar-refractivity contribution in [1.29, 1.82) is 0 Å². The highest BCUT2D eigenvalue weighted by Crippen LogP contribution is 2.25. The summed E-state index contributed by atoms with van der Waals surface area (Å²) in [4.78, 5) is 10.5. The molecule has 1 unspecified atom stereocenters. The Labute approximate surface area is 115 Å². The van der Waals surface area contributed by atoms with Crippen LogP contribution in [0.15, 0.2) is 18.2 Å². The summed E-state index contributed by atoms with van der Waals surface area (Å²) in [6, 6.07) is 4.66. The van der Waals surface area contributed by atoms with Crippen LogP contribution in [0, 0.1) is 10.1 Å². The van der Waals surface area contributed by atoms with Crippen LogP contribution in [0.25, 0.3) is 0 Å². The Balaban J connectivity index is 1.93. The maximum absolute atomic E-state index is 10.9. The van der Waals surface area contributed by atoms with Gasteiger partial charge < -0.3 is 14.8 Å². The SMILES string of the molecule is O=[N+]([O-])c1cccc(Cl)c1CNCC1COCCO1. The van der Waals surface area contributed by atoms with Crippen LogP contribution in [-0.4, -0.2) is 37.4 Å². The van der Waals surface area contributed by atoms with Gasteiger partial charge in [-0.05, 0) is 6.07 Å². The number of nitrogens with one attached hydrogen (secondary N) is 1. The summed E-state index contributed by atoms with van der Waals surface area (Å²) < 4.78 is 10.7. The van der Waals surface area contributed by atoms with Crippen molar-refractivity contribution in [2.75, 3.05) is 26.4 Å². The standard InChI is InChI=1S/C12H15ClN2O4/c13-11-2-1-3-12(15(16)17)10(11)7-14-6-9-8-18-4-5-19-9/h1-3,9,14H,4-8H2.